The highest BCUT2D eigenvalue weighted by Crippen LogP contribution is 1.98. The molecule has 3 nitrogen and oxygen atoms in total. The maximum Gasteiger partial charge on any atom is 0.0574 e. The van der Waals surface area contributed by atoms with Crippen molar-refractivity contribution in [1.82, 2.24) is 10.2 Å². The van der Waals surface area contributed by atoms with Gasteiger partial charge in [0.25, 0.3) is 0 Å². The molecule has 1 rings (SSSR count). The zero-order valence-corrected chi connectivity index (χ0v) is 8.61. The number of nitrogens with one attached hydrogen (secondary N) is 1. The summed E-state index contributed by atoms with van der Waals surface area (Å²) in [5.41, 5.74) is 0. The van der Waals surface area contributed by atoms with Crippen molar-refractivity contribution >= 4 is 10.8 Å². The van der Waals surface area contributed by atoms with Crippen LogP contribution in [0, 0.1) is 12.3 Å². The number of hydrogen-bond acceptors (Lipinski definition) is 3. The van der Waals surface area contributed by atoms with Crippen LogP contribution in [0.2, 0.25) is 0 Å². The Kier molecular flexibility index (Phi) is 5.06. The topological polar surface area (TPSA) is 32.3 Å². The number of hydrogen-bond donors (Lipinski definition) is 1. The van der Waals surface area contributed by atoms with E-state index < -0.39 is 10.8 Å². The first-order valence-electron chi connectivity index (χ1n) is 4.54. The summed E-state index contributed by atoms with van der Waals surface area (Å²) in [6.45, 7) is 4.50. The first-order valence-corrected chi connectivity index (χ1v) is 6.03. The van der Waals surface area contributed by atoms with Crippen LogP contribution in [-0.2, 0) is 10.8 Å². The lowest BCUT2D eigenvalue weighted by Crippen LogP contribution is -2.41. The summed E-state index contributed by atoms with van der Waals surface area (Å²) in [4.78, 5) is 2.32. The molecule has 0 aromatic heterocycles. The Morgan fingerprint density at radius 3 is 2.77 bits per heavy atom. The largest absolute Gasteiger partial charge is 0.305 e. The summed E-state index contributed by atoms with van der Waals surface area (Å²) in [6, 6.07) is 0. The van der Waals surface area contributed by atoms with Gasteiger partial charge in [-0.25, -0.2) is 0 Å². The van der Waals surface area contributed by atoms with Crippen LogP contribution in [0.25, 0.3) is 0 Å². The minimum Gasteiger partial charge on any atom is -0.305 e. The molecule has 1 N–H and O–H groups in total. The molecular formula is C9H16N2OS. The molecule has 0 aromatic rings. The molecule has 0 unspecified atom stereocenters. The van der Waals surface area contributed by atoms with Crippen molar-refractivity contribution in [2.45, 2.75) is 0 Å². The number of terminal acetylenes is 1. The summed E-state index contributed by atoms with van der Waals surface area (Å²) in [7, 11) is -0.564. The van der Waals surface area contributed by atoms with E-state index in [0.29, 0.717) is 6.54 Å². The van der Waals surface area contributed by atoms with Crippen molar-refractivity contribution in [3.8, 4) is 12.3 Å². The summed E-state index contributed by atoms with van der Waals surface area (Å²) in [5.74, 6) is 4.19. The van der Waals surface area contributed by atoms with Crippen LogP contribution in [0.4, 0.5) is 0 Å². The van der Waals surface area contributed by atoms with Gasteiger partial charge in [-0.05, 0) is 0 Å². The Bertz CT molecular complexity index is 202. The van der Waals surface area contributed by atoms with E-state index in [4.69, 9.17) is 6.42 Å². The zero-order valence-electron chi connectivity index (χ0n) is 7.79. The van der Waals surface area contributed by atoms with Crippen molar-refractivity contribution in [2.24, 2.45) is 0 Å². The molecule has 74 valence electrons. The van der Waals surface area contributed by atoms with Crippen molar-refractivity contribution < 1.29 is 4.21 Å². The quantitative estimate of drug-likeness (QED) is 0.480. The van der Waals surface area contributed by atoms with Gasteiger partial charge in [-0.15, -0.1) is 6.42 Å². The minimum absolute atomic E-state index is 0.564. The number of rotatable bonds is 4. The Hall–Kier alpha value is -0.370. The average Bonchev–Trinajstić information content (AvgIpc) is 2.15. The Labute approximate surface area is 82.3 Å². The van der Waals surface area contributed by atoms with E-state index in [1.807, 2.05) is 0 Å². The Morgan fingerprint density at radius 2 is 2.15 bits per heavy atom. The summed E-state index contributed by atoms with van der Waals surface area (Å²) in [6.07, 6.45) is 5.10. The van der Waals surface area contributed by atoms with E-state index >= 15 is 0 Å². The molecule has 0 aliphatic carbocycles. The summed E-state index contributed by atoms with van der Waals surface area (Å²) < 4.78 is 11.0. The van der Waals surface area contributed by atoms with Gasteiger partial charge in [0.15, 0.2) is 0 Å². The van der Waals surface area contributed by atoms with Crippen LogP contribution in [-0.4, -0.2) is 53.3 Å². The van der Waals surface area contributed by atoms with E-state index in [9.17, 15) is 4.21 Å². The molecule has 4 heteroatoms. The molecule has 1 aliphatic heterocycles. The minimum atomic E-state index is -0.564. The molecule has 0 saturated carbocycles. The summed E-state index contributed by atoms with van der Waals surface area (Å²) >= 11 is 0. The lowest BCUT2D eigenvalue weighted by atomic mass is 10.4. The van der Waals surface area contributed by atoms with Crippen LogP contribution in [0.1, 0.15) is 0 Å². The maximum atomic E-state index is 11.0. The predicted octanol–water partition coefficient (Wildman–Crippen LogP) is -0.726. The normalized spacial score (nSPS) is 19.9. The van der Waals surface area contributed by atoms with Crippen LogP contribution in [0.15, 0.2) is 0 Å². The first-order chi connectivity index (χ1) is 6.33. The molecule has 1 fully saturated rings. The van der Waals surface area contributed by atoms with E-state index in [2.05, 4.69) is 16.1 Å². The Balaban J connectivity index is 2.03. The monoisotopic (exact) mass is 200 g/mol. The third-order valence-electron chi connectivity index (χ3n) is 2.10. The van der Waals surface area contributed by atoms with Gasteiger partial charge < -0.3 is 10.2 Å². The standard InChI is InChI=1S/C9H16N2OS/c1-2-3-10-4-5-11-6-8-13(12)9-7-11/h1,10H,3-9H2. The van der Waals surface area contributed by atoms with Gasteiger partial charge in [0.1, 0.15) is 0 Å². The highest BCUT2D eigenvalue weighted by molar-refractivity contribution is 7.85. The van der Waals surface area contributed by atoms with Gasteiger partial charge in [0.2, 0.25) is 0 Å². The van der Waals surface area contributed by atoms with E-state index in [1.165, 1.54) is 0 Å². The fourth-order valence-electron chi connectivity index (χ4n) is 1.30. The van der Waals surface area contributed by atoms with Crippen molar-refractivity contribution in [3.05, 3.63) is 0 Å². The van der Waals surface area contributed by atoms with Crippen molar-refractivity contribution in [1.29, 1.82) is 0 Å². The second-order valence-corrected chi connectivity index (χ2v) is 4.77. The van der Waals surface area contributed by atoms with Gasteiger partial charge in [0, 0.05) is 48.5 Å². The fraction of sp³-hybridized carbons (Fsp3) is 0.778. The lowest BCUT2D eigenvalue weighted by molar-refractivity contribution is 0.300. The van der Waals surface area contributed by atoms with Gasteiger partial charge >= 0.3 is 0 Å². The predicted molar refractivity (Wildman–Crippen MR) is 56.0 cm³/mol. The molecule has 1 aliphatic rings. The van der Waals surface area contributed by atoms with Gasteiger partial charge in [-0.2, -0.15) is 0 Å². The van der Waals surface area contributed by atoms with Crippen molar-refractivity contribution in [3.63, 3.8) is 0 Å². The van der Waals surface area contributed by atoms with Gasteiger partial charge in [-0.3, -0.25) is 4.21 Å². The van der Waals surface area contributed by atoms with E-state index in [0.717, 1.165) is 37.7 Å². The zero-order chi connectivity index (χ0) is 9.52. The average molecular weight is 200 g/mol. The molecule has 1 heterocycles. The highest BCUT2D eigenvalue weighted by atomic mass is 32.2. The van der Waals surface area contributed by atoms with Crippen LogP contribution in [0.3, 0.4) is 0 Å². The second-order valence-electron chi connectivity index (χ2n) is 3.07. The molecule has 0 spiro atoms. The molecule has 0 radical (unpaired) electrons. The van der Waals surface area contributed by atoms with Crippen LogP contribution in [0.5, 0.6) is 0 Å². The smallest absolute Gasteiger partial charge is 0.0574 e. The lowest BCUT2D eigenvalue weighted by Gasteiger charge is -2.25. The third-order valence-corrected chi connectivity index (χ3v) is 3.38. The highest BCUT2D eigenvalue weighted by Gasteiger charge is 2.13. The van der Waals surface area contributed by atoms with E-state index in [-0.39, 0.29) is 0 Å². The molecule has 1 saturated heterocycles. The first kappa shape index (κ1) is 10.7. The molecule has 0 atom stereocenters. The maximum absolute atomic E-state index is 11.0. The van der Waals surface area contributed by atoms with Crippen LogP contribution < -0.4 is 5.32 Å². The fourth-order valence-corrected chi connectivity index (χ4v) is 2.42. The summed E-state index contributed by atoms with van der Waals surface area (Å²) in [5, 5.41) is 3.14. The molecule has 0 aromatic carbocycles. The molecule has 0 bridgehead atoms. The molecular weight excluding hydrogens is 184 g/mol. The van der Waals surface area contributed by atoms with Crippen LogP contribution >= 0.6 is 0 Å². The number of nitrogens with zero attached hydrogens (tertiary/aromatic N) is 1. The van der Waals surface area contributed by atoms with Gasteiger partial charge in [0.05, 0.1) is 6.54 Å². The van der Waals surface area contributed by atoms with Gasteiger partial charge in [-0.1, -0.05) is 5.92 Å². The molecule has 13 heavy (non-hydrogen) atoms. The second kappa shape index (κ2) is 6.14. The third kappa shape index (κ3) is 4.41. The Morgan fingerprint density at radius 1 is 1.46 bits per heavy atom. The molecule has 0 amide bonds. The van der Waals surface area contributed by atoms with Crippen molar-refractivity contribution in [2.75, 3.05) is 44.2 Å². The SMILES string of the molecule is C#CCNCCN1CCS(=O)CC1. The van der Waals surface area contributed by atoms with E-state index in [1.54, 1.807) is 0 Å².